The van der Waals surface area contributed by atoms with E-state index in [1.807, 2.05) is 17.5 Å². The summed E-state index contributed by atoms with van der Waals surface area (Å²) in [6, 6.07) is 12.6. The van der Waals surface area contributed by atoms with Crippen LogP contribution >= 0.6 is 11.3 Å². The zero-order valence-electron chi connectivity index (χ0n) is 14.9. The summed E-state index contributed by atoms with van der Waals surface area (Å²) in [6.45, 7) is 0. The van der Waals surface area contributed by atoms with E-state index in [0.29, 0.717) is 28.2 Å². The Bertz CT molecular complexity index is 1300. The average Bonchev–Trinajstić information content (AvgIpc) is 3.41. The SMILES string of the molecule is O=C(Nc1cccnc1)c1ccc2onc(-c3csc(-c4cccnc4)n3)c2c1. The largest absolute Gasteiger partial charge is 0.356 e. The fourth-order valence-electron chi connectivity index (χ4n) is 2.91. The van der Waals surface area contributed by atoms with Gasteiger partial charge in [0.15, 0.2) is 5.58 Å². The topological polar surface area (TPSA) is 93.8 Å². The van der Waals surface area contributed by atoms with Gasteiger partial charge >= 0.3 is 0 Å². The van der Waals surface area contributed by atoms with Gasteiger partial charge in [0.1, 0.15) is 16.4 Å². The highest BCUT2D eigenvalue weighted by Crippen LogP contribution is 2.32. The minimum absolute atomic E-state index is 0.235. The molecule has 5 aromatic rings. The molecule has 5 rings (SSSR count). The molecule has 0 spiro atoms. The van der Waals surface area contributed by atoms with Crippen LogP contribution in [0.3, 0.4) is 0 Å². The van der Waals surface area contributed by atoms with E-state index in [4.69, 9.17) is 4.52 Å². The number of hydrogen-bond acceptors (Lipinski definition) is 7. The maximum absolute atomic E-state index is 12.6. The predicted molar refractivity (Wildman–Crippen MR) is 111 cm³/mol. The number of pyridine rings is 2. The van der Waals surface area contributed by atoms with Crippen LogP contribution in [-0.2, 0) is 0 Å². The van der Waals surface area contributed by atoms with Crippen molar-refractivity contribution in [3.8, 4) is 22.0 Å². The molecule has 0 radical (unpaired) electrons. The molecule has 8 heteroatoms. The lowest BCUT2D eigenvalue weighted by Gasteiger charge is -2.04. The number of benzene rings is 1. The summed E-state index contributed by atoms with van der Waals surface area (Å²) < 4.78 is 5.43. The summed E-state index contributed by atoms with van der Waals surface area (Å²) in [4.78, 5) is 25.4. The summed E-state index contributed by atoms with van der Waals surface area (Å²) in [7, 11) is 0. The van der Waals surface area contributed by atoms with Gasteiger partial charge in [-0.3, -0.25) is 14.8 Å². The van der Waals surface area contributed by atoms with Crippen LogP contribution in [0.4, 0.5) is 5.69 Å². The molecular formula is C21H13N5O2S. The first-order valence-electron chi connectivity index (χ1n) is 8.75. The quantitative estimate of drug-likeness (QED) is 0.472. The van der Waals surface area contributed by atoms with Crippen molar-refractivity contribution in [3.63, 3.8) is 0 Å². The van der Waals surface area contributed by atoms with Crippen molar-refractivity contribution < 1.29 is 9.32 Å². The van der Waals surface area contributed by atoms with Crippen LogP contribution in [0, 0.1) is 0 Å². The normalized spacial score (nSPS) is 10.9. The van der Waals surface area contributed by atoms with Gasteiger partial charge in [0.05, 0.1) is 17.3 Å². The number of aromatic nitrogens is 4. The number of nitrogens with zero attached hydrogens (tertiary/aromatic N) is 4. The van der Waals surface area contributed by atoms with Crippen LogP contribution in [-0.4, -0.2) is 26.0 Å². The molecule has 1 amide bonds. The number of rotatable bonds is 4. The standard InChI is InChI=1S/C21H13N5O2S/c27-20(24-15-4-2-8-23-11-15)13-5-6-18-16(9-13)19(26-28-18)17-12-29-21(25-17)14-3-1-7-22-10-14/h1-12H,(H,24,27). The molecule has 4 heterocycles. The minimum atomic E-state index is -0.235. The number of hydrogen-bond donors (Lipinski definition) is 1. The third kappa shape index (κ3) is 3.37. The molecule has 29 heavy (non-hydrogen) atoms. The van der Waals surface area contributed by atoms with Crippen molar-refractivity contribution in [2.75, 3.05) is 5.32 Å². The molecule has 1 aromatic carbocycles. The van der Waals surface area contributed by atoms with Gasteiger partial charge in [0, 0.05) is 35.1 Å². The number of thiazole rings is 1. The summed E-state index contributed by atoms with van der Waals surface area (Å²) in [5.41, 5.74) is 3.94. The highest BCUT2D eigenvalue weighted by molar-refractivity contribution is 7.13. The zero-order valence-corrected chi connectivity index (χ0v) is 15.8. The molecule has 0 fully saturated rings. The minimum Gasteiger partial charge on any atom is -0.356 e. The maximum Gasteiger partial charge on any atom is 0.255 e. The van der Waals surface area contributed by atoms with Gasteiger partial charge in [-0.05, 0) is 42.5 Å². The lowest BCUT2D eigenvalue weighted by atomic mass is 10.1. The molecule has 0 unspecified atom stereocenters. The molecular weight excluding hydrogens is 386 g/mol. The predicted octanol–water partition coefficient (Wildman–Crippen LogP) is 4.66. The first-order valence-corrected chi connectivity index (χ1v) is 9.63. The highest BCUT2D eigenvalue weighted by atomic mass is 32.1. The van der Waals surface area contributed by atoms with Crippen molar-refractivity contribution >= 4 is 33.9 Å². The number of amides is 1. The van der Waals surface area contributed by atoms with Crippen molar-refractivity contribution in [2.24, 2.45) is 0 Å². The Morgan fingerprint density at radius 2 is 1.90 bits per heavy atom. The second kappa shape index (κ2) is 7.25. The van der Waals surface area contributed by atoms with Gasteiger partial charge in [-0.25, -0.2) is 4.98 Å². The number of nitrogens with one attached hydrogen (secondary N) is 1. The first kappa shape index (κ1) is 17.2. The number of carbonyl (C=O) groups excluding carboxylic acids is 1. The molecule has 7 nitrogen and oxygen atoms in total. The molecule has 0 aliphatic heterocycles. The van der Waals surface area contributed by atoms with E-state index < -0.39 is 0 Å². The molecule has 0 bridgehead atoms. The fourth-order valence-corrected chi connectivity index (χ4v) is 3.70. The van der Waals surface area contributed by atoms with E-state index in [1.54, 1.807) is 55.1 Å². The molecule has 140 valence electrons. The monoisotopic (exact) mass is 399 g/mol. The van der Waals surface area contributed by atoms with Crippen LogP contribution in [0.1, 0.15) is 10.4 Å². The average molecular weight is 399 g/mol. The molecule has 0 saturated carbocycles. The molecule has 0 aliphatic carbocycles. The fraction of sp³-hybridized carbons (Fsp3) is 0. The van der Waals surface area contributed by atoms with Crippen LogP contribution in [0.15, 0.2) is 77.2 Å². The summed E-state index contributed by atoms with van der Waals surface area (Å²) in [6.07, 6.45) is 6.74. The summed E-state index contributed by atoms with van der Waals surface area (Å²) >= 11 is 1.50. The lowest BCUT2D eigenvalue weighted by Crippen LogP contribution is -2.11. The van der Waals surface area contributed by atoms with E-state index in [-0.39, 0.29) is 5.91 Å². The molecule has 0 atom stereocenters. The Hall–Kier alpha value is -3.91. The summed E-state index contributed by atoms with van der Waals surface area (Å²) in [5, 5.41) is 10.5. The van der Waals surface area contributed by atoms with Gasteiger partial charge in [-0.1, -0.05) is 5.16 Å². The maximum atomic E-state index is 12.6. The van der Waals surface area contributed by atoms with E-state index >= 15 is 0 Å². The van der Waals surface area contributed by atoms with E-state index in [9.17, 15) is 4.79 Å². The molecule has 1 N–H and O–H groups in total. The zero-order chi connectivity index (χ0) is 19.6. The second-order valence-corrected chi connectivity index (χ2v) is 7.08. The third-order valence-electron chi connectivity index (χ3n) is 4.31. The van der Waals surface area contributed by atoms with Gasteiger partial charge < -0.3 is 9.84 Å². The Morgan fingerprint density at radius 3 is 2.69 bits per heavy atom. The Kier molecular flexibility index (Phi) is 4.30. The van der Waals surface area contributed by atoms with Gasteiger partial charge in [0.2, 0.25) is 0 Å². The third-order valence-corrected chi connectivity index (χ3v) is 5.20. The van der Waals surface area contributed by atoms with Gasteiger partial charge in [-0.2, -0.15) is 0 Å². The Balaban J connectivity index is 1.49. The van der Waals surface area contributed by atoms with Gasteiger partial charge in [-0.15, -0.1) is 11.3 Å². The van der Waals surface area contributed by atoms with E-state index in [2.05, 4.69) is 25.4 Å². The van der Waals surface area contributed by atoms with Crippen LogP contribution < -0.4 is 5.32 Å². The lowest BCUT2D eigenvalue weighted by molar-refractivity contribution is 0.102. The van der Waals surface area contributed by atoms with Crippen LogP contribution in [0.5, 0.6) is 0 Å². The van der Waals surface area contributed by atoms with E-state index in [0.717, 1.165) is 16.0 Å². The Labute approximate surface area is 169 Å². The molecule has 4 aromatic heterocycles. The van der Waals surface area contributed by atoms with E-state index in [1.165, 1.54) is 11.3 Å². The number of anilines is 1. The molecule has 0 saturated heterocycles. The molecule has 0 aliphatic rings. The smallest absolute Gasteiger partial charge is 0.255 e. The first-order chi connectivity index (χ1) is 14.3. The van der Waals surface area contributed by atoms with Crippen molar-refractivity contribution in [3.05, 3.63) is 78.2 Å². The van der Waals surface area contributed by atoms with Crippen molar-refractivity contribution in [2.45, 2.75) is 0 Å². The second-order valence-electron chi connectivity index (χ2n) is 6.22. The van der Waals surface area contributed by atoms with Crippen LogP contribution in [0.2, 0.25) is 0 Å². The highest BCUT2D eigenvalue weighted by Gasteiger charge is 2.17. The number of carbonyl (C=O) groups is 1. The van der Waals surface area contributed by atoms with Gasteiger partial charge in [0.25, 0.3) is 5.91 Å². The Morgan fingerprint density at radius 1 is 1.03 bits per heavy atom. The van der Waals surface area contributed by atoms with Crippen LogP contribution in [0.25, 0.3) is 32.9 Å². The number of fused-ring (bicyclic) bond motifs is 1. The van der Waals surface area contributed by atoms with Crippen molar-refractivity contribution in [1.82, 2.24) is 20.1 Å². The van der Waals surface area contributed by atoms with Crippen molar-refractivity contribution in [1.29, 1.82) is 0 Å². The summed E-state index contributed by atoms with van der Waals surface area (Å²) in [5.74, 6) is -0.235.